The first-order valence-electron chi connectivity index (χ1n) is 6.72. The van der Waals surface area contributed by atoms with Gasteiger partial charge in [-0.3, -0.25) is 4.98 Å². The molecule has 1 atom stereocenters. The van der Waals surface area contributed by atoms with Crippen molar-refractivity contribution in [2.24, 2.45) is 5.73 Å². The lowest BCUT2D eigenvalue weighted by molar-refractivity contribution is 0.169. The molecule has 0 amide bonds. The Balaban J connectivity index is 2.01. The molecule has 0 saturated heterocycles. The summed E-state index contributed by atoms with van der Waals surface area (Å²) in [7, 11) is 0. The fraction of sp³-hybridized carbons (Fsp3) is 0.312. The fourth-order valence-electron chi connectivity index (χ4n) is 1.97. The summed E-state index contributed by atoms with van der Waals surface area (Å²) >= 11 is 0. The highest BCUT2D eigenvalue weighted by atomic mass is 16.5. The number of aliphatic hydroxyl groups excluding tert-OH is 1. The van der Waals surface area contributed by atoms with Gasteiger partial charge in [-0.25, -0.2) is 0 Å². The summed E-state index contributed by atoms with van der Waals surface area (Å²) in [6.07, 6.45) is 0.00346. The van der Waals surface area contributed by atoms with E-state index in [-0.39, 0.29) is 0 Å². The number of hydrogen-bond donors (Lipinski definition) is 2. The normalized spacial score (nSPS) is 12.2. The molecular formula is C16H20N2O2. The Morgan fingerprint density at radius 2 is 2.05 bits per heavy atom. The molecule has 1 heterocycles. The second-order valence-electron chi connectivity index (χ2n) is 4.72. The molecule has 0 spiro atoms. The number of rotatable bonds is 6. The first-order chi connectivity index (χ1) is 9.69. The smallest absolute Gasteiger partial charge is 0.130 e. The molecule has 4 nitrogen and oxygen atoms in total. The lowest BCUT2D eigenvalue weighted by Gasteiger charge is -2.12. The Labute approximate surface area is 119 Å². The monoisotopic (exact) mass is 272 g/mol. The van der Waals surface area contributed by atoms with Gasteiger partial charge in [-0.05, 0) is 49.7 Å². The minimum Gasteiger partial charge on any atom is -0.487 e. The number of pyridine rings is 1. The number of aromatic nitrogens is 1. The molecule has 0 radical (unpaired) electrons. The summed E-state index contributed by atoms with van der Waals surface area (Å²) in [5.74, 6) is 0.724. The lowest BCUT2D eigenvalue weighted by Crippen LogP contribution is -2.07. The van der Waals surface area contributed by atoms with Crippen molar-refractivity contribution in [2.45, 2.75) is 26.1 Å². The van der Waals surface area contributed by atoms with Gasteiger partial charge in [0.15, 0.2) is 0 Å². The number of benzene rings is 1. The van der Waals surface area contributed by atoms with Gasteiger partial charge < -0.3 is 15.6 Å². The molecule has 20 heavy (non-hydrogen) atoms. The molecule has 0 aliphatic carbocycles. The number of aliphatic hydroxyl groups is 1. The largest absolute Gasteiger partial charge is 0.487 e. The maximum Gasteiger partial charge on any atom is 0.130 e. The van der Waals surface area contributed by atoms with E-state index in [4.69, 9.17) is 10.5 Å². The highest BCUT2D eigenvalue weighted by molar-refractivity contribution is 5.30. The highest BCUT2D eigenvalue weighted by Crippen LogP contribution is 2.21. The first-order valence-corrected chi connectivity index (χ1v) is 6.72. The summed E-state index contributed by atoms with van der Waals surface area (Å²) in [6, 6.07) is 13.3. The molecule has 3 N–H and O–H groups in total. The molecule has 0 saturated carbocycles. The molecule has 2 rings (SSSR count). The van der Waals surface area contributed by atoms with Crippen LogP contribution in [0.1, 0.15) is 29.5 Å². The zero-order chi connectivity index (χ0) is 14.4. The Bertz CT molecular complexity index is 558. The van der Waals surface area contributed by atoms with Crippen molar-refractivity contribution < 1.29 is 9.84 Å². The van der Waals surface area contributed by atoms with Crippen LogP contribution < -0.4 is 10.5 Å². The zero-order valence-corrected chi connectivity index (χ0v) is 11.6. The second kappa shape index (κ2) is 7.03. The van der Waals surface area contributed by atoms with E-state index in [1.165, 1.54) is 0 Å². The number of nitrogens with zero attached hydrogens (tertiary/aromatic N) is 1. The maximum absolute atomic E-state index is 9.92. The second-order valence-corrected chi connectivity index (χ2v) is 4.72. The summed E-state index contributed by atoms with van der Waals surface area (Å²) in [5.41, 5.74) is 8.14. The van der Waals surface area contributed by atoms with E-state index in [9.17, 15) is 5.11 Å². The summed E-state index contributed by atoms with van der Waals surface area (Å²) in [6.45, 7) is 2.82. The van der Waals surface area contributed by atoms with Crippen LogP contribution in [0.5, 0.6) is 5.75 Å². The van der Waals surface area contributed by atoms with Crippen LogP contribution in [-0.2, 0) is 6.61 Å². The van der Waals surface area contributed by atoms with Gasteiger partial charge in [0, 0.05) is 5.69 Å². The van der Waals surface area contributed by atoms with Gasteiger partial charge >= 0.3 is 0 Å². The lowest BCUT2D eigenvalue weighted by atomic mass is 10.1. The third kappa shape index (κ3) is 4.05. The average Bonchev–Trinajstić information content (AvgIpc) is 2.46. The molecule has 0 aliphatic rings. The van der Waals surface area contributed by atoms with Crippen LogP contribution in [0.15, 0.2) is 42.5 Å². The van der Waals surface area contributed by atoms with E-state index in [2.05, 4.69) is 4.98 Å². The van der Waals surface area contributed by atoms with Crippen LogP contribution in [-0.4, -0.2) is 16.6 Å². The fourth-order valence-corrected chi connectivity index (χ4v) is 1.97. The molecule has 0 aliphatic heterocycles. The van der Waals surface area contributed by atoms with Crippen LogP contribution in [0, 0.1) is 6.92 Å². The first kappa shape index (κ1) is 14.5. The predicted octanol–water partition coefficient (Wildman–Crippen LogP) is 2.35. The van der Waals surface area contributed by atoms with Crippen molar-refractivity contribution in [3.63, 3.8) is 0 Å². The number of nitrogens with two attached hydrogens (primary N) is 1. The van der Waals surface area contributed by atoms with E-state index in [0.29, 0.717) is 19.6 Å². The van der Waals surface area contributed by atoms with Crippen LogP contribution in [0.2, 0.25) is 0 Å². The van der Waals surface area contributed by atoms with Crippen molar-refractivity contribution in [1.82, 2.24) is 4.98 Å². The molecule has 1 aromatic carbocycles. The summed E-state index contributed by atoms with van der Waals surface area (Å²) in [5, 5.41) is 9.92. The minimum atomic E-state index is -0.541. The van der Waals surface area contributed by atoms with Crippen molar-refractivity contribution >= 4 is 0 Å². The van der Waals surface area contributed by atoms with Gasteiger partial charge in [0.05, 0.1) is 11.8 Å². The number of aryl methyl sites for hydroxylation is 1. The third-order valence-electron chi connectivity index (χ3n) is 3.02. The van der Waals surface area contributed by atoms with E-state index >= 15 is 0 Å². The molecular weight excluding hydrogens is 252 g/mol. The predicted molar refractivity (Wildman–Crippen MR) is 78.4 cm³/mol. The Morgan fingerprint density at radius 3 is 2.80 bits per heavy atom. The van der Waals surface area contributed by atoms with Crippen molar-refractivity contribution in [1.29, 1.82) is 0 Å². The molecule has 0 bridgehead atoms. The van der Waals surface area contributed by atoms with E-state index < -0.39 is 6.10 Å². The van der Waals surface area contributed by atoms with Crippen LogP contribution in [0.3, 0.4) is 0 Å². The zero-order valence-electron chi connectivity index (χ0n) is 11.6. The van der Waals surface area contributed by atoms with Crippen molar-refractivity contribution in [2.75, 3.05) is 6.54 Å². The van der Waals surface area contributed by atoms with Crippen LogP contribution in [0.4, 0.5) is 0 Å². The SMILES string of the molecule is Cc1cccc(COc2cccc([C@H](O)CCN)c2)n1. The average molecular weight is 272 g/mol. The van der Waals surface area contributed by atoms with Gasteiger partial charge in [-0.15, -0.1) is 0 Å². The molecule has 4 heteroatoms. The highest BCUT2D eigenvalue weighted by Gasteiger charge is 2.07. The van der Waals surface area contributed by atoms with Gasteiger partial charge in [0.1, 0.15) is 12.4 Å². The van der Waals surface area contributed by atoms with Crippen LogP contribution >= 0.6 is 0 Å². The quantitative estimate of drug-likeness (QED) is 0.847. The van der Waals surface area contributed by atoms with Crippen molar-refractivity contribution in [3.05, 3.63) is 59.4 Å². The topological polar surface area (TPSA) is 68.4 Å². The number of ether oxygens (including phenoxy) is 1. The third-order valence-corrected chi connectivity index (χ3v) is 3.02. The Kier molecular flexibility index (Phi) is 5.09. The summed E-state index contributed by atoms with van der Waals surface area (Å²) in [4.78, 5) is 4.38. The summed E-state index contributed by atoms with van der Waals surface area (Å²) < 4.78 is 5.71. The van der Waals surface area contributed by atoms with Crippen LogP contribution in [0.25, 0.3) is 0 Å². The van der Waals surface area contributed by atoms with Gasteiger partial charge in [0.2, 0.25) is 0 Å². The van der Waals surface area contributed by atoms with Gasteiger partial charge in [0.25, 0.3) is 0 Å². The minimum absolute atomic E-state index is 0.415. The number of hydrogen-bond acceptors (Lipinski definition) is 4. The standard InChI is InChI=1S/C16H20N2O2/c1-12-4-2-6-14(18-12)11-20-15-7-3-5-13(10-15)16(19)8-9-17/h2-7,10,16,19H,8-9,11,17H2,1H3/t16-/m1/s1. The Hall–Kier alpha value is -1.91. The molecule has 0 unspecified atom stereocenters. The molecule has 0 fully saturated rings. The molecule has 106 valence electrons. The van der Waals surface area contributed by atoms with Gasteiger partial charge in [-0.1, -0.05) is 18.2 Å². The Morgan fingerprint density at radius 1 is 1.25 bits per heavy atom. The van der Waals surface area contributed by atoms with E-state index in [0.717, 1.165) is 22.7 Å². The van der Waals surface area contributed by atoms with Gasteiger partial charge in [-0.2, -0.15) is 0 Å². The van der Waals surface area contributed by atoms with E-state index in [1.807, 2.05) is 49.4 Å². The maximum atomic E-state index is 9.92. The molecule has 1 aromatic heterocycles. The molecule has 2 aromatic rings. The van der Waals surface area contributed by atoms with E-state index in [1.54, 1.807) is 0 Å². The van der Waals surface area contributed by atoms with Crippen molar-refractivity contribution in [3.8, 4) is 5.75 Å².